The van der Waals surface area contributed by atoms with Crippen LogP contribution in [-0.4, -0.2) is 44.3 Å². The lowest BCUT2D eigenvalue weighted by Gasteiger charge is -2.05. The molecule has 1 aromatic rings. The van der Waals surface area contributed by atoms with Crippen molar-refractivity contribution in [1.82, 2.24) is 9.55 Å². The van der Waals surface area contributed by atoms with Gasteiger partial charge in [-0.25, -0.2) is 14.6 Å². The maximum Gasteiger partial charge on any atom is 0.414 e. The Bertz CT molecular complexity index is 563. The molecule has 2 N–H and O–H groups in total. The highest BCUT2D eigenvalue weighted by atomic mass is 16.5. The summed E-state index contributed by atoms with van der Waals surface area (Å²) in [5.41, 5.74) is 0. The number of hydrogen-bond donors (Lipinski definition) is 2. The van der Waals surface area contributed by atoms with Crippen molar-refractivity contribution in [1.29, 1.82) is 0 Å². The maximum absolute atomic E-state index is 11.6. The van der Waals surface area contributed by atoms with Crippen LogP contribution >= 0.6 is 0 Å². The number of aliphatic carboxylic acids is 2. The molecule has 0 saturated carbocycles. The molecule has 0 bridgehead atoms. The second-order valence-corrected chi connectivity index (χ2v) is 7.62. The van der Waals surface area contributed by atoms with Crippen LogP contribution in [0.3, 0.4) is 0 Å². The SMILES string of the molecule is CCCCCCCCCCCCCCCC(=O)OCCn1ccnc1.O=C(O)C(=O)O. The van der Waals surface area contributed by atoms with E-state index in [1.54, 1.807) is 12.5 Å². The number of carboxylic acid groups (broad SMARTS) is 2. The van der Waals surface area contributed by atoms with Crippen molar-refractivity contribution >= 4 is 17.9 Å². The van der Waals surface area contributed by atoms with Gasteiger partial charge in [-0.1, -0.05) is 84.0 Å². The number of carbonyl (C=O) groups excluding carboxylic acids is 1. The number of unbranched alkanes of at least 4 members (excludes halogenated alkanes) is 12. The predicted molar refractivity (Wildman–Crippen MR) is 119 cm³/mol. The molecule has 0 unspecified atom stereocenters. The van der Waals surface area contributed by atoms with Crippen molar-refractivity contribution in [3.8, 4) is 0 Å². The molecular formula is C23H40N2O6. The molecule has 0 amide bonds. The van der Waals surface area contributed by atoms with Crippen LogP contribution in [0.15, 0.2) is 18.7 Å². The molecule has 0 fully saturated rings. The quantitative estimate of drug-likeness (QED) is 0.197. The second-order valence-electron chi connectivity index (χ2n) is 7.62. The summed E-state index contributed by atoms with van der Waals surface area (Å²) in [6.45, 7) is 3.39. The maximum atomic E-state index is 11.6. The number of aromatic nitrogens is 2. The van der Waals surface area contributed by atoms with Gasteiger partial charge in [-0.2, -0.15) is 0 Å². The molecule has 31 heavy (non-hydrogen) atoms. The zero-order valence-corrected chi connectivity index (χ0v) is 19.0. The molecule has 1 heterocycles. The lowest BCUT2D eigenvalue weighted by molar-refractivity contribution is -0.159. The third-order valence-electron chi connectivity index (χ3n) is 4.84. The van der Waals surface area contributed by atoms with Crippen LogP contribution in [0.25, 0.3) is 0 Å². The van der Waals surface area contributed by atoms with Crippen LogP contribution in [0.5, 0.6) is 0 Å². The van der Waals surface area contributed by atoms with Crippen molar-refractivity contribution in [3.63, 3.8) is 0 Å². The summed E-state index contributed by atoms with van der Waals surface area (Å²) in [5, 5.41) is 14.8. The second kappa shape index (κ2) is 20.9. The van der Waals surface area contributed by atoms with Crippen molar-refractivity contribution in [2.75, 3.05) is 6.61 Å². The summed E-state index contributed by atoms with van der Waals surface area (Å²) in [7, 11) is 0. The Morgan fingerprint density at radius 1 is 0.806 bits per heavy atom. The molecule has 0 aliphatic carbocycles. The summed E-state index contributed by atoms with van der Waals surface area (Å²) < 4.78 is 7.15. The number of hydrogen-bond acceptors (Lipinski definition) is 5. The fraction of sp³-hybridized carbons (Fsp3) is 0.739. The molecule has 8 nitrogen and oxygen atoms in total. The standard InChI is InChI=1S/C21H38N2O2.C2H2O4/c1-2-3-4-5-6-7-8-9-10-11-12-13-14-15-21(24)25-19-18-23-17-16-22-20-23;3-1(4)2(5)6/h16-17,20H,2-15,18-19H2,1H3;(H,3,4)(H,5,6). The highest BCUT2D eigenvalue weighted by Gasteiger charge is 2.04. The van der Waals surface area contributed by atoms with Crippen LogP contribution in [0.4, 0.5) is 0 Å². The first-order chi connectivity index (χ1) is 15.0. The van der Waals surface area contributed by atoms with Gasteiger partial charge >= 0.3 is 17.9 Å². The van der Waals surface area contributed by atoms with Crippen LogP contribution in [0, 0.1) is 0 Å². The Hall–Kier alpha value is -2.38. The number of imidazole rings is 1. The van der Waals surface area contributed by atoms with Crippen molar-refractivity contribution in [2.45, 2.75) is 103 Å². The Kier molecular flexibility index (Phi) is 19.3. The summed E-state index contributed by atoms with van der Waals surface area (Å²) >= 11 is 0. The van der Waals surface area contributed by atoms with Gasteiger partial charge in [-0.3, -0.25) is 4.79 Å². The van der Waals surface area contributed by atoms with Gasteiger partial charge in [0, 0.05) is 18.8 Å². The van der Waals surface area contributed by atoms with Crippen LogP contribution in [0.1, 0.15) is 96.8 Å². The minimum Gasteiger partial charge on any atom is -0.473 e. The van der Waals surface area contributed by atoms with E-state index in [-0.39, 0.29) is 5.97 Å². The molecule has 0 aliphatic rings. The topological polar surface area (TPSA) is 119 Å². The molecule has 0 saturated heterocycles. The zero-order valence-electron chi connectivity index (χ0n) is 19.0. The molecule has 0 spiro atoms. The van der Waals surface area contributed by atoms with Gasteiger partial charge in [0.05, 0.1) is 12.9 Å². The molecule has 0 aromatic carbocycles. The van der Waals surface area contributed by atoms with E-state index in [9.17, 15) is 4.79 Å². The van der Waals surface area contributed by atoms with Crippen LogP contribution < -0.4 is 0 Å². The summed E-state index contributed by atoms with van der Waals surface area (Å²) in [4.78, 5) is 33.8. The van der Waals surface area contributed by atoms with E-state index in [0.29, 0.717) is 19.6 Å². The van der Waals surface area contributed by atoms with E-state index in [1.165, 1.54) is 70.6 Å². The summed E-state index contributed by atoms with van der Waals surface area (Å²) in [6, 6.07) is 0. The molecule has 1 aromatic heterocycles. The Morgan fingerprint density at radius 3 is 1.71 bits per heavy atom. The lowest BCUT2D eigenvalue weighted by atomic mass is 10.0. The molecule has 178 valence electrons. The zero-order chi connectivity index (χ0) is 23.2. The number of carbonyl (C=O) groups is 3. The molecule has 1 rings (SSSR count). The van der Waals surface area contributed by atoms with Gasteiger partial charge in [-0.05, 0) is 6.42 Å². The summed E-state index contributed by atoms with van der Waals surface area (Å²) in [6.07, 6.45) is 23.1. The number of ether oxygens (including phenoxy) is 1. The highest BCUT2D eigenvalue weighted by Crippen LogP contribution is 2.13. The van der Waals surface area contributed by atoms with Crippen LogP contribution in [-0.2, 0) is 25.7 Å². The molecule has 0 atom stereocenters. The first kappa shape index (κ1) is 28.6. The third kappa shape index (κ3) is 20.7. The van der Waals surface area contributed by atoms with Crippen molar-refractivity contribution < 1.29 is 29.3 Å². The van der Waals surface area contributed by atoms with E-state index in [4.69, 9.17) is 24.5 Å². The van der Waals surface area contributed by atoms with Gasteiger partial charge in [-0.15, -0.1) is 0 Å². The number of esters is 1. The smallest absolute Gasteiger partial charge is 0.414 e. The highest BCUT2D eigenvalue weighted by molar-refractivity contribution is 6.27. The van der Waals surface area contributed by atoms with Gasteiger partial charge in [0.2, 0.25) is 0 Å². The van der Waals surface area contributed by atoms with E-state index in [1.807, 2.05) is 10.8 Å². The molecule has 8 heteroatoms. The van der Waals surface area contributed by atoms with Crippen molar-refractivity contribution in [2.24, 2.45) is 0 Å². The van der Waals surface area contributed by atoms with E-state index in [0.717, 1.165) is 12.8 Å². The Morgan fingerprint density at radius 2 is 1.29 bits per heavy atom. The van der Waals surface area contributed by atoms with Crippen molar-refractivity contribution in [3.05, 3.63) is 18.7 Å². The monoisotopic (exact) mass is 440 g/mol. The molecule has 0 radical (unpaired) electrons. The predicted octanol–water partition coefficient (Wildman–Crippen LogP) is 5.06. The minimum absolute atomic E-state index is 0.0665. The molecule has 0 aliphatic heterocycles. The van der Waals surface area contributed by atoms with Crippen LogP contribution in [0.2, 0.25) is 0 Å². The Labute approximate surface area is 186 Å². The number of nitrogens with zero attached hydrogens (tertiary/aromatic N) is 2. The van der Waals surface area contributed by atoms with E-state index < -0.39 is 11.9 Å². The van der Waals surface area contributed by atoms with Gasteiger partial charge in [0.15, 0.2) is 0 Å². The fourth-order valence-electron chi connectivity index (χ4n) is 3.04. The van der Waals surface area contributed by atoms with Gasteiger partial charge in [0.1, 0.15) is 6.61 Å². The van der Waals surface area contributed by atoms with Gasteiger partial charge in [0.25, 0.3) is 0 Å². The first-order valence-electron chi connectivity index (χ1n) is 11.5. The van der Waals surface area contributed by atoms with E-state index >= 15 is 0 Å². The largest absolute Gasteiger partial charge is 0.473 e. The molecular weight excluding hydrogens is 400 g/mol. The lowest BCUT2D eigenvalue weighted by Crippen LogP contribution is -2.10. The van der Waals surface area contributed by atoms with Gasteiger partial charge < -0.3 is 19.5 Å². The fourth-order valence-corrected chi connectivity index (χ4v) is 3.04. The minimum atomic E-state index is -1.82. The summed E-state index contributed by atoms with van der Waals surface area (Å²) in [5.74, 6) is -3.71. The third-order valence-corrected chi connectivity index (χ3v) is 4.84. The average Bonchev–Trinajstić information content (AvgIpc) is 3.25. The Balaban J connectivity index is 0.00000131. The first-order valence-corrected chi connectivity index (χ1v) is 11.5. The number of rotatable bonds is 17. The normalized spacial score (nSPS) is 10.2. The number of carboxylic acids is 2. The van der Waals surface area contributed by atoms with E-state index in [2.05, 4.69) is 11.9 Å². The average molecular weight is 441 g/mol.